The molecule has 3 aromatic rings. The summed E-state index contributed by atoms with van der Waals surface area (Å²) in [6, 6.07) is 5.47. The van der Waals surface area contributed by atoms with Gasteiger partial charge in [0.15, 0.2) is 17.5 Å². The van der Waals surface area contributed by atoms with Crippen LogP contribution in [0, 0.1) is 11.8 Å². The fourth-order valence-corrected chi connectivity index (χ4v) is 4.46. The molecule has 0 bridgehead atoms. The third-order valence-corrected chi connectivity index (χ3v) is 6.64. The highest BCUT2D eigenvalue weighted by Gasteiger charge is 2.22. The molecule has 0 unspecified atom stereocenters. The molecule has 3 N–H and O–H groups in total. The van der Waals surface area contributed by atoms with Gasteiger partial charge in [0.1, 0.15) is 5.60 Å². The normalized spacial score (nSPS) is 11.2. The molecule has 0 atom stereocenters. The first-order chi connectivity index (χ1) is 20.7. The second-order valence-electron chi connectivity index (χ2n) is 11.3. The largest absolute Gasteiger partial charge is 0.444 e. The van der Waals surface area contributed by atoms with Gasteiger partial charge in [0.2, 0.25) is 5.95 Å². The predicted octanol–water partition coefficient (Wildman–Crippen LogP) is 5.55. The number of nitrogens with one attached hydrogen (secondary N) is 3. The summed E-state index contributed by atoms with van der Waals surface area (Å²) in [6.45, 7) is 6.39. The van der Waals surface area contributed by atoms with E-state index < -0.39 is 29.4 Å². The van der Waals surface area contributed by atoms with Crippen molar-refractivity contribution in [1.29, 1.82) is 0 Å². The fraction of sp³-hybridized carbons (Fsp3) is 0.433. The van der Waals surface area contributed by atoms with Crippen LogP contribution in [0.2, 0.25) is 5.02 Å². The zero-order valence-electron chi connectivity index (χ0n) is 25.7. The quantitative estimate of drug-likeness (QED) is 0.176. The molecule has 0 aliphatic heterocycles. The Morgan fingerprint density at radius 1 is 1.00 bits per heavy atom. The Balaban J connectivity index is 1.49. The number of ether oxygens (including phenoxy) is 1. The molecule has 238 valence electrons. The lowest BCUT2D eigenvalue weighted by Gasteiger charge is -2.19. The molecule has 11 nitrogen and oxygen atoms in total. The topological polar surface area (TPSA) is 130 Å². The summed E-state index contributed by atoms with van der Waals surface area (Å²) in [4.78, 5) is 46.3. The Labute approximate surface area is 260 Å². The maximum absolute atomic E-state index is 14.7. The smallest absolute Gasteiger partial charge is 0.407 e. The SMILES string of the molecule is CN(C)c1nc(F)c(-c2cnc(C(=O)Nc3ccc(C(=O)NCCCCCCNC(=O)OC(C)(C)C)c(Cl)c3)n2C)cc1F. The fourth-order valence-electron chi connectivity index (χ4n) is 4.19. The van der Waals surface area contributed by atoms with Crippen LogP contribution in [0.15, 0.2) is 30.5 Å². The Kier molecular flexibility index (Phi) is 11.6. The van der Waals surface area contributed by atoms with Gasteiger partial charge in [-0.2, -0.15) is 9.37 Å². The van der Waals surface area contributed by atoms with Gasteiger partial charge in [0, 0.05) is 39.9 Å². The minimum Gasteiger partial charge on any atom is -0.444 e. The Morgan fingerprint density at radius 3 is 2.27 bits per heavy atom. The van der Waals surface area contributed by atoms with E-state index in [9.17, 15) is 23.2 Å². The maximum atomic E-state index is 14.7. The number of anilines is 2. The summed E-state index contributed by atoms with van der Waals surface area (Å²) in [5.41, 5.74) is 0.0449. The number of halogens is 3. The monoisotopic (exact) mass is 633 g/mol. The van der Waals surface area contributed by atoms with Gasteiger partial charge in [-0.05, 0) is 57.9 Å². The van der Waals surface area contributed by atoms with E-state index in [0.29, 0.717) is 18.8 Å². The number of amides is 3. The average molecular weight is 634 g/mol. The van der Waals surface area contributed by atoms with E-state index in [0.717, 1.165) is 31.7 Å². The molecular weight excluding hydrogens is 596 g/mol. The van der Waals surface area contributed by atoms with Crippen molar-refractivity contribution in [2.45, 2.75) is 52.1 Å². The predicted molar refractivity (Wildman–Crippen MR) is 165 cm³/mol. The van der Waals surface area contributed by atoms with Crippen LogP contribution in [0.1, 0.15) is 67.4 Å². The van der Waals surface area contributed by atoms with Crippen LogP contribution in [-0.4, -0.2) is 65.2 Å². The Bertz CT molecular complexity index is 1510. The van der Waals surface area contributed by atoms with Gasteiger partial charge in [0.25, 0.3) is 11.8 Å². The van der Waals surface area contributed by atoms with Crippen LogP contribution in [0.25, 0.3) is 11.3 Å². The number of unbranched alkanes of at least 4 members (excludes halogenated alkanes) is 3. The lowest BCUT2D eigenvalue weighted by Crippen LogP contribution is -2.33. The number of alkyl carbamates (subject to hydrolysis) is 1. The zero-order chi connectivity index (χ0) is 32.6. The van der Waals surface area contributed by atoms with Crippen molar-refractivity contribution in [3.05, 3.63) is 58.6 Å². The van der Waals surface area contributed by atoms with Crippen LogP contribution in [0.4, 0.5) is 25.1 Å². The lowest BCUT2D eigenvalue weighted by molar-refractivity contribution is 0.0526. The molecule has 0 fully saturated rings. The first kappa shape index (κ1) is 34.2. The number of carbonyl (C=O) groups is 3. The van der Waals surface area contributed by atoms with E-state index in [1.807, 2.05) is 0 Å². The molecule has 0 saturated carbocycles. The molecular formula is C30H38ClF2N7O4. The van der Waals surface area contributed by atoms with Crippen LogP contribution in [0.3, 0.4) is 0 Å². The molecule has 2 aromatic heterocycles. The zero-order valence-corrected chi connectivity index (χ0v) is 26.4. The third kappa shape index (κ3) is 9.37. The molecule has 0 saturated heterocycles. The number of pyridine rings is 1. The van der Waals surface area contributed by atoms with Gasteiger partial charge in [-0.25, -0.2) is 14.2 Å². The summed E-state index contributed by atoms with van der Waals surface area (Å²) < 4.78 is 35.6. The van der Waals surface area contributed by atoms with Crippen molar-refractivity contribution in [3.8, 4) is 11.3 Å². The van der Waals surface area contributed by atoms with E-state index >= 15 is 0 Å². The molecule has 3 rings (SSSR count). The Morgan fingerprint density at radius 2 is 1.66 bits per heavy atom. The number of imidazole rings is 1. The molecule has 44 heavy (non-hydrogen) atoms. The van der Waals surface area contributed by atoms with Crippen molar-refractivity contribution in [2.24, 2.45) is 7.05 Å². The number of carbonyl (C=O) groups excluding carboxylic acids is 3. The molecule has 14 heteroatoms. The number of hydrogen-bond donors (Lipinski definition) is 3. The Hall–Kier alpha value is -4.26. The van der Waals surface area contributed by atoms with Gasteiger partial charge in [0.05, 0.1) is 28.0 Å². The third-order valence-electron chi connectivity index (χ3n) is 6.33. The van der Waals surface area contributed by atoms with Crippen LogP contribution in [0.5, 0.6) is 0 Å². The van der Waals surface area contributed by atoms with Crippen molar-refractivity contribution in [3.63, 3.8) is 0 Å². The summed E-state index contributed by atoms with van der Waals surface area (Å²) in [5, 5.41) is 8.33. The minimum atomic E-state index is -0.904. The molecule has 0 radical (unpaired) electrons. The second-order valence-corrected chi connectivity index (χ2v) is 11.7. The average Bonchev–Trinajstić information content (AvgIpc) is 3.31. The van der Waals surface area contributed by atoms with Crippen molar-refractivity contribution < 1.29 is 27.9 Å². The number of nitrogens with zero attached hydrogens (tertiary/aromatic N) is 4. The molecule has 0 aliphatic carbocycles. The molecule has 0 aliphatic rings. The van der Waals surface area contributed by atoms with Crippen molar-refractivity contribution in [1.82, 2.24) is 25.2 Å². The van der Waals surface area contributed by atoms with Crippen LogP contribution >= 0.6 is 11.6 Å². The number of hydrogen-bond acceptors (Lipinski definition) is 7. The van der Waals surface area contributed by atoms with Crippen molar-refractivity contribution in [2.75, 3.05) is 37.4 Å². The van der Waals surface area contributed by atoms with E-state index in [-0.39, 0.29) is 39.4 Å². The van der Waals surface area contributed by atoms with E-state index in [2.05, 4.69) is 25.9 Å². The number of benzene rings is 1. The van der Waals surface area contributed by atoms with E-state index in [1.165, 1.54) is 40.9 Å². The highest BCUT2D eigenvalue weighted by Crippen LogP contribution is 2.27. The summed E-state index contributed by atoms with van der Waals surface area (Å²) in [7, 11) is 4.58. The highest BCUT2D eigenvalue weighted by molar-refractivity contribution is 6.34. The molecule has 3 amide bonds. The second kappa shape index (κ2) is 15.0. The first-order valence-electron chi connectivity index (χ1n) is 14.1. The van der Waals surface area contributed by atoms with Gasteiger partial charge in [-0.15, -0.1) is 0 Å². The lowest BCUT2D eigenvalue weighted by atomic mass is 10.1. The van der Waals surface area contributed by atoms with Crippen LogP contribution < -0.4 is 20.9 Å². The van der Waals surface area contributed by atoms with Crippen LogP contribution in [-0.2, 0) is 11.8 Å². The van der Waals surface area contributed by atoms with Gasteiger partial charge < -0.3 is 30.2 Å². The number of aromatic nitrogens is 3. The van der Waals surface area contributed by atoms with Crippen molar-refractivity contribution >= 4 is 41.0 Å². The highest BCUT2D eigenvalue weighted by atomic mass is 35.5. The van der Waals surface area contributed by atoms with Gasteiger partial charge in [-0.3, -0.25) is 9.59 Å². The molecule has 2 heterocycles. The number of rotatable bonds is 12. The first-order valence-corrected chi connectivity index (χ1v) is 14.5. The summed E-state index contributed by atoms with van der Waals surface area (Å²) >= 11 is 6.33. The molecule has 0 spiro atoms. The maximum Gasteiger partial charge on any atom is 0.407 e. The van der Waals surface area contributed by atoms with Gasteiger partial charge >= 0.3 is 6.09 Å². The van der Waals surface area contributed by atoms with Gasteiger partial charge in [-0.1, -0.05) is 24.4 Å². The standard InChI is InChI=1S/C30H38ClF2N7O4/c1-30(2,3)44-29(43)35-14-10-8-7-9-13-34-27(41)19-12-11-18(15-21(19)31)37-28(42)26-36-17-23(40(26)6)20-16-22(32)25(39(4)5)38-24(20)33/h11-12,15-17H,7-10,13-14H2,1-6H3,(H,34,41)(H,35,43)(H,37,42). The molecule has 1 aromatic carbocycles. The summed E-state index contributed by atoms with van der Waals surface area (Å²) in [5.74, 6) is -2.80. The van der Waals surface area contributed by atoms with E-state index in [4.69, 9.17) is 16.3 Å². The summed E-state index contributed by atoms with van der Waals surface area (Å²) in [6.07, 6.45) is 4.11. The minimum absolute atomic E-state index is 0.0601. The van der Waals surface area contributed by atoms with E-state index in [1.54, 1.807) is 34.9 Å².